The lowest BCUT2D eigenvalue weighted by Crippen LogP contribution is -2.26. The Morgan fingerprint density at radius 2 is 1.54 bits per heavy atom. The van der Waals surface area contributed by atoms with Crippen LogP contribution in [0, 0.1) is 0 Å². The molecule has 5 aromatic rings. The lowest BCUT2D eigenvalue weighted by Gasteiger charge is -2.20. The van der Waals surface area contributed by atoms with Crippen molar-refractivity contribution in [2.75, 3.05) is 0 Å². The summed E-state index contributed by atoms with van der Waals surface area (Å²) in [6.07, 6.45) is 0.258. The standard InChI is InChI=1S/C31H24BrN3O3S/c32-23-16-14-20(15-17-23)19-10-12-22(13-11-19)26(34-35-31(33)39)18-25(21-6-2-1-3-7-21)28-29(36)24-8-4-5-9-27(24)38-30(28)37/h1-17,25,36H,18H2,(H3,33,35,39)/b34-26-. The van der Waals surface area contributed by atoms with Crippen molar-refractivity contribution in [3.05, 3.63) is 135 Å². The van der Waals surface area contributed by atoms with Crippen LogP contribution in [-0.4, -0.2) is 15.9 Å². The summed E-state index contributed by atoms with van der Waals surface area (Å²) in [5.41, 5.74) is 12.6. The third-order valence-electron chi connectivity index (χ3n) is 6.46. The van der Waals surface area contributed by atoms with E-state index < -0.39 is 11.5 Å². The van der Waals surface area contributed by atoms with Gasteiger partial charge in [-0.2, -0.15) is 5.10 Å². The Hall–Kier alpha value is -4.27. The van der Waals surface area contributed by atoms with Crippen LogP contribution in [0.5, 0.6) is 5.75 Å². The van der Waals surface area contributed by atoms with Crippen molar-refractivity contribution >= 4 is 49.9 Å². The van der Waals surface area contributed by atoms with E-state index in [4.69, 9.17) is 22.4 Å². The number of fused-ring (bicyclic) bond motifs is 1. The molecule has 1 aromatic heterocycles. The van der Waals surface area contributed by atoms with Crippen LogP contribution in [0.3, 0.4) is 0 Å². The maximum Gasteiger partial charge on any atom is 0.343 e. The van der Waals surface area contributed by atoms with Gasteiger partial charge in [0, 0.05) is 16.8 Å². The highest BCUT2D eigenvalue weighted by Crippen LogP contribution is 2.37. The van der Waals surface area contributed by atoms with E-state index >= 15 is 0 Å². The molecule has 0 radical (unpaired) electrons. The van der Waals surface area contributed by atoms with Crippen molar-refractivity contribution in [1.29, 1.82) is 0 Å². The molecule has 6 nitrogen and oxygen atoms in total. The molecule has 4 N–H and O–H groups in total. The van der Waals surface area contributed by atoms with Crippen molar-refractivity contribution in [2.24, 2.45) is 10.8 Å². The molecule has 5 rings (SSSR count). The number of nitrogens with two attached hydrogens (primary N) is 1. The molecule has 0 aliphatic heterocycles. The van der Waals surface area contributed by atoms with Gasteiger partial charge in [-0.1, -0.05) is 94.8 Å². The van der Waals surface area contributed by atoms with Crippen molar-refractivity contribution in [3.63, 3.8) is 0 Å². The largest absolute Gasteiger partial charge is 0.507 e. The number of hydrogen-bond acceptors (Lipinski definition) is 5. The number of thiocarbonyl (C=S) groups is 1. The summed E-state index contributed by atoms with van der Waals surface area (Å²) in [4.78, 5) is 13.3. The van der Waals surface area contributed by atoms with Gasteiger partial charge in [-0.15, -0.1) is 0 Å². The van der Waals surface area contributed by atoms with E-state index in [1.807, 2.05) is 78.9 Å². The number of hydrazone groups is 1. The molecule has 1 atom stereocenters. The zero-order chi connectivity index (χ0) is 27.4. The van der Waals surface area contributed by atoms with Crippen LogP contribution in [0.25, 0.3) is 22.1 Å². The van der Waals surface area contributed by atoms with Crippen LogP contribution in [0.1, 0.15) is 29.0 Å². The topological polar surface area (TPSA) is 101 Å². The Balaban J connectivity index is 1.60. The summed E-state index contributed by atoms with van der Waals surface area (Å²) in [6, 6.07) is 32.4. The zero-order valence-corrected chi connectivity index (χ0v) is 23.1. The molecule has 0 bridgehead atoms. The highest BCUT2D eigenvalue weighted by molar-refractivity contribution is 9.10. The van der Waals surface area contributed by atoms with E-state index in [1.54, 1.807) is 24.3 Å². The average molecular weight is 599 g/mol. The highest BCUT2D eigenvalue weighted by atomic mass is 79.9. The Morgan fingerprint density at radius 3 is 2.21 bits per heavy atom. The zero-order valence-electron chi connectivity index (χ0n) is 20.7. The van der Waals surface area contributed by atoms with Crippen LogP contribution in [0.15, 0.2) is 122 Å². The second-order valence-electron chi connectivity index (χ2n) is 8.93. The molecule has 0 saturated heterocycles. The predicted molar refractivity (Wildman–Crippen MR) is 163 cm³/mol. The monoisotopic (exact) mass is 597 g/mol. The third-order valence-corrected chi connectivity index (χ3v) is 7.08. The summed E-state index contributed by atoms with van der Waals surface area (Å²) >= 11 is 8.48. The first-order valence-corrected chi connectivity index (χ1v) is 13.4. The van der Waals surface area contributed by atoms with Gasteiger partial charge in [0.1, 0.15) is 11.3 Å². The van der Waals surface area contributed by atoms with Crippen molar-refractivity contribution in [2.45, 2.75) is 12.3 Å². The molecule has 0 aliphatic carbocycles. The first-order chi connectivity index (χ1) is 18.9. The lowest BCUT2D eigenvalue weighted by atomic mass is 9.85. The van der Waals surface area contributed by atoms with E-state index in [2.05, 4.69) is 26.5 Å². The lowest BCUT2D eigenvalue weighted by molar-refractivity contribution is 0.452. The van der Waals surface area contributed by atoms with Gasteiger partial charge in [-0.05, 0) is 58.7 Å². The Labute approximate surface area is 238 Å². The average Bonchev–Trinajstić information content (AvgIpc) is 2.95. The summed E-state index contributed by atoms with van der Waals surface area (Å²) in [5, 5.41) is 16.3. The molecule has 0 spiro atoms. The molecule has 39 heavy (non-hydrogen) atoms. The molecule has 1 unspecified atom stereocenters. The van der Waals surface area contributed by atoms with Crippen molar-refractivity contribution in [3.8, 4) is 16.9 Å². The number of nitrogens with zero attached hydrogens (tertiary/aromatic N) is 1. The quantitative estimate of drug-likeness (QED) is 0.0836. The second kappa shape index (κ2) is 11.6. The fourth-order valence-corrected chi connectivity index (χ4v) is 4.88. The number of aromatic hydroxyl groups is 1. The van der Waals surface area contributed by atoms with E-state index in [1.165, 1.54) is 0 Å². The number of halogens is 1. The number of hydrogen-bond donors (Lipinski definition) is 3. The molecule has 0 saturated carbocycles. The van der Waals surface area contributed by atoms with E-state index in [0.29, 0.717) is 16.7 Å². The minimum atomic E-state index is -0.604. The fourth-order valence-electron chi connectivity index (χ4n) is 4.57. The van der Waals surface area contributed by atoms with Gasteiger partial charge in [0.2, 0.25) is 0 Å². The van der Waals surface area contributed by atoms with Gasteiger partial charge in [0.05, 0.1) is 16.7 Å². The van der Waals surface area contributed by atoms with Crippen LogP contribution in [-0.2, 0) is 0 Å². The molecule has 194 valence electrons. The van der Waals surface area contributed by atoms with Gasteiger partial charge in [-0.25, -0.2) is 4.79 Å². The minimum absolute atomic E-state index is 0.0170. The number of rotatable bonds is 7. The molecule has 4 aromatic carbocycles. The van der Waals surface area contributed by atoms with Gasteiger partial charge in [0.25, 0.3) is 0 Å². The van der Waals surface area contributed by atoms with Gasteiger partial charge >= 0.3 is 5.63 Å². The van der Waals surface area contributed by atoms with Crippen molar-refractivity contribution < 1.29 is 9.52 Å². The Bertz CT molecular complexity index is 1720. The minimum Gasteiger partial charge on any atom is -0.507 e. The van der Waals surface area contributed by atoms with E-state index in [9.17, 15) is 9.90 Å². The smallest absolute Gasteiger partial charge is 0.343 e. The first kappa shape index (κ1) is 26.3. The van der Waals surface area contributed by atoms with Gasteiger partial charge < -0.3 is 15.3 Å². The Morgan fingerprint density at radius 1 is 0.923 bits per heavy atom. The van der Waals surface area contributed by atoms with Gasteiger partial charge in [-0.3, -0.25) is 5.43 Å². The van der Waals surface area contributed by atoms with Gasteiger partial charge in [0.15, 0.2) is 5.11 Å². The Kier molecular flexibility index (Phi) is 7.86. The van der Waals surface area contributed by atoms with Crippen LogP contribution >= 0.6 is 28.1 Å². The summed E-state index contributed by atoms with van der Waals surface area (Å²) in [5.74, 6) is -0.673. The molecule has 0 fully saturated rings. The number of benzene rings is 4. The maximum absolute atomic E-state index is 13.3. The van der Waals surface area contributed by atoms with Crippen LogP contribution in [0.4, 0.5) is 0 Å². The fraction of sp³-hybridized carbons (Fsp3) is 0.0645. The van der Waals surface area contributed by atoms with Crippen molar-refractivity contribution in [1.82, 2.24) is 5.43 Å². The van der Waals surface area contributed by atoms with E-state index in [0.717, 1.165) is 26.7 Å². The first-order valence-electron chi connectivity index (χ1n) is 12.2. The molecule has 8 heteroatoms. The van der Waals surface area contributed by atoms with Crippen LogP contribution in [0.2, 0.25) is 0 Å². The second-order valence-corrected chi connectivity index (χ2v) is 10.3. The number of nitrogens with one attached hydrogen (secondary N) is 1. The molecule has 0 aliphatic rings. The number of para-hydroxylation sites is 1. The predicted octanol–water partition coefficient (Wildman–Crippen LogP) is 6.69. The summed E-state index contributed by atoms with van der Waals surface area (Å²) in [7, 11) is 0. The maximum atomic E-state index is 13.3. The summed E-state index contributed by atoms with van der Waals surface area (Å²) in [6.45, 7) is 0. The summed E-state index contributed by atoms with van der Waals surface area (Å²) < 4.78 is 6.63. The molecular weight excluding hydrogens is 574 g/mol. The van der Waals surface area contributed by atoms with Crippen LogP contribution < -0.4 is 16.8 Å². The SMILES string of the molecule is NC(=S)N/N=C(/CC(c1ccccc1)c1c(O)c2ccccc2oc1=O)c1ccc(-c2ccc(Br)cc2)cc1. The third kappa shape index (κ3) is 5.92. The molecular formula is C31H24BrN3O3S. The molecule has 0 amide bonds. The van der Waals surface area contributed by atoms with E-state index in [-0.39, 0.29) is 22.8 Å². The highest BCUT2D eigenvalue weighted by Gasteiger charge is 2.27. The molecule has 1 heterocycles. The normalized spacial score (nSPS) is 12.3.